The predicted octanol–water partition coefficient (Wildman–Crippen LogP) is 2.84. The number of benzene rings is 1. The van der Waals surface area contributed by atoms with Crippen LogP contribution in [0.3, 0.4) is 0 Å². The number of halogens is 1. The summed E-state index contributed by atoms with van der Waals surface area (Å²) in [6, 6.07) is 6.74. The smallest absolute Gasteiger partial charge is 0.256 e. The van der Waals surface area contributed by atoms with Gasteiger partial charge in [-0.1, -0.05) is 6.07 Å². The second-order valence-electron chi connectivity index (χ2n) is 6.16. The van der Waals surface area contributed by atoms with Gasteiger partial charge in [0.25, 0.3) is 5.91 Å². The molecule has 6 heteroatoms. The Labute approximate surface area is 140 Å². The molecular weight excluding hydrogens is 307 g/mol. The molecule has 0 atom stereocenters. The van der Waals surface area contributed by atoms with Crippen LogP contribution in [0.1, 0.15) is 28.8 Å². The molecule has 1 aromatic heterocycles. The van der Waals surface area contributed by atoms with Crippen LogP contribution in [0.5, 0.6) is 0 Å². The molecule has 1 amide bonds. The van der Waals surface area contributed by atoms with Crippen LogP contribution in [0.25, 0.3) is 0 Å². The molecular formula is C18H21FN4O. The van der Waals surface area contributed by atoms with Crippen LogP contribution in [0, 0.1) is 12.7 Å². The van der Waals surface area contributed by atoms with Crippen LogP contribution in [-0.4, -0.2) is 34.9 Å². The average molecular weight is 328 g/mol. The lowest BCUT2D eigenvalue weighted by atomic mass is 10.0. The topological polar surface area (TPSA) is 71.2 Å². The lowest BCUT2D eigenvalue weighted by Crippen LogP contribution is -2.43. The number of likely N-dealkylation sites (tertiary alicyclic amines) is 1. The third-order valence-corrected chi connectivity index (χ3v) is 4.27. The van der Waals surface area contributed by atoms with Crippen molar-refractivity contribution in [2.75, 3.05) is 18.4 Å². The number of pyridine rings is 1. The van der Waals surface area contributed by atoms with Gasteiger partial charge in [0.1, 0.15) is 5.82 Å². The predicted molar refractivity (Wildman–Crippen MR) is 91.8 cm³/mol. The first-order valence-electron chi connectivity index (χ1n) is 8.06. The number of nitrogens with zero attached hydrogens (tertiary/aromatic N) is 2. The maximum Gasteiger partial charge on any atom is 0.256 e. The van der Waals surface area contributed by atoms with E-state index in [9.17, 15) is 9.18 Å². The summed E-state index contributed by atoms with van der Waals surface area (Å²) in [6.07, 6.45) is 4.71. The van der Waals surface area contributed by atoms with Crippen molar-refractivity contribution in [3.63, 3.8) is 0 Å². The lowest BCUT2D eigenvalue weighted by Gasteiger charge is -2.30. The van der Waals surface area contributed by atoms with Crippen LogP contribution in [-0.2, 0) is 0 Å². The summed E-state index contributed by atoms with van der Waals surface area (Å²) in [5.74, 6) is -0.444. The van der Waals surface area contributed by atoms with Gasteiger partial charge < -0.3 is 16.0 Å². The first kappa shape index (κ1) is 16.4. The zero-order chi connectivity index (χ0) is 17.1. The summed E-state index contributed by atoms with van der Waals surface area (Å²) >= 11 is 0. The summed E-state index contributed by atoms with van der Waals surface area (Å²) < 4.78 is 14.1. The molecule has 0 unspecified atom stereocenters. The number of rotatable bonds is 3. The van der Waals surface area contributed by atoms with E-state index in [1.165, 1.54) is 6.07 Å². The fourth-order valence-electron chi connectivity index (χ4n) is 2.82. The Bertz CT molecular complexity index is 742. The second-order valence-corrected chi connectivity index (χ2v) is 6.16. The minimum atomic E-state index is -0.360. The van der Waals surface area contributed by atoms with E-state index >= 15 is 0 Å². The molecule has 5 nitrogen and oxygen atoms in total. The van der Waals surface area contributed by atoms with E-state index in [-0.39, 0.29) is 17.8 Å². The maximum absolute atomic E-state index is 14.1. The van der Waals surface area contributed by atoms with Gasteiger partial charge in [0.15, 0.2) is 0 Å². The number of piperidine rings is 1. The molecule has 24 heavy (non-hydrogen) atoms. The number of hydrogen-bond acceptors (Lipinski definition) is 4. The van der Waals surface area contributed by atoms with Crippen molar-refractivity contribution in [1.29, 1.82) is 0 Å². The zero-order valence-corrected chi connectivity index (χ0v) is 13.6. The Morgan fingerprint density at radius 2 is 2.04 bits per heavy atom. The Morgan fingerprint density at radius 3 is 2.75 bits per heavy atom. The molecule has 0 saturated carbocycles. The van der Waals surface area contributed by atoms with Gasteiger partial charge >= 0.3 is 0 Å². The number of aromatic nitrogens is 1. The van der Waals surface area contributed by atoms with Crippen molar-refractivity contribution in [2.45, 2.75) is 25.8 Å². The van der Waals surface area contributed by atoms with Crippen LogP contribution in [0.15, 0.2) is 36.7 Å². The summed E-state index contributed by atoms with van der Waals surface area (Å²) in [4.78, 5) is 18.6. The molecule has 1 saturated heterocycles. The third-order valence-electron chi connectivity index (χ3n) is 4.27. The van der Waals surface area contributed by atoms with Crippen molar-refractivity contribution >= 4 is 17.3 Å². The van der Waals surface area contributed by atoms with E-state index in [0.29, 0.717) is 30.0 Å². The van der Waals surface area contributed by atoms with Crippen LogP contribution >= 0.6 is 0 Å². The van der Waals surface area contributed by atoms with Gasteiger partial charge in [-0.15, -0.1) is 0 Å². The van der Waals surface area contributed by atoms with E-state index in [1.54, 1.807) is 29.4 Å². The Balaban J connectivity index is 1.83. The number of hydrogen-bond donors (Lipinski definition) is 2. The van der Waals surface area contributed by atoms with Crippen molar-refractivity contribution in [3.8, 4) is 0 Å². The summed E-state index contributed by atoms with van der Waals surface area (Å²) in [5.41, 5.74) is 8.04. The molecule has 3 rings (SSSR count). The largest absolute Gasteiger partial charge is 0.351 e. The van der Waals surface area contributed by atoms with Gasteiger partial charge in [0.05, 0.1) is 23.1 Å². The maximum atomic E-state index is 14.1. The molecule has 3 N–H and O–H groups in total. The number of amides is 1. The van der Waals surface area contributed by atoms with Gasteiger partial charge in [0, 0.05) is 25.3 Å². The minimum absolute atomic E-state index is 0.0840. The fourth-order valence-corrected chi connectivity index (χ4v) is 2.82. The summed E-state index contributed by atoms with van der Waals surface area (Å²) in [7, 11) is 0. The molecule has 1 aliphatic rings. The number of aryl methyl sites for hydroxylation is 1. The third kappa shape index (κ3) is 3.54. The number of carbonyl (C=O) groups excluding carboxylic acids is 1. The first-order chi connectivity index (χ1) is 11.5. The Hall–Kier alpha value is -2.47. The molecule has 2 heterocycles. The molecule has 126 valence electrons. The molecule has 0 aliphatic carbocycles. The molecule has 0 radical (unpaired) electrons. The Kier molecular flexibility index (Phi) is 4.76. The number of carbonyl (C=O) groups is 1. The number of nitrogens with one attached hydrogen (secondary N) is 1. The number of anilines is 2. The van der Waals surface area contributed by atoms with Crippen molar-refractivity contribution < 1.29 is 9.18 Å². The van der Waals surface area contributed by atoms with E-state index in [2.05, 4.69) is 10.3 Å². The van der Waals surface area contributed by atoms with Gasteiger partial charge in [-0.25, -0.2) is 4.39 Å². The quantitative estimate of drug-likeness (QED) is 0.909. The highest BCUT2D eigenvalue weighted by molar-refractivity contribution is 6.00. The molecule has 0 bridgehead atoms. The zero-order valence-electron chi connectivity index (χ0n) is 13.6. The second kappa shape index (κ2) is 6.97. The normalized spacial score (nSPS) is 15.4. The van der Waals surface area contributed by atoms with Gasteiger partial charge in [-0.3, -0.25) is 9.78 Å². The summed E-state index contributed by atoms with van der Waals surface area (Å²) in [5, 5.41) is 2.99. The standard InChI is InChI=1S/C18H21FN4O/c1-12-2-3-16(15(19)10-12)22-17-11-21-7-4-14(17)18(24)23-8-5-13(20)6-9-23/h2-4,7,10-11,13,22H,5-6,8-9,20H2,1H3. The highest BCUT2D eigenvalue weighted by Gasteiger charge is 2.23. The lowest BCUT2D eigenvalue weighted by molar-refractivity contribution is 0.0715. The molecule has 2 aromatic rings. The minimum Gasteiger partial charge on any atom is -0.351 e. The average Bonchev–Trinajstić information content (AvgIpc) is 2.58. The van der Waals surface area contributed by atoms with Gasteiger partial charge in [-0.2, -0.15) is 0 Å². The highest BCUT2D eigenvalue weighted by Crippen LogP contribution is 2.25. The van der Waals surface area contributed by atoms with Crippen LogP contribution in [0.2, 0.25) is 0 Å². The molecule has 1 aromatic carbocycles. The van der Waals surface area contributed by atoms with E-state index in [4.69, 9.17) is 5.73 Å². The molecule has 1 fully saturated rings. The Morgan fingerprint density at radius 1 is 1.29 bits per heavy atom. The van der Waals surface area contributed by atoms with Crippen molar-refractivity contribution in [3.05, 3.63) is 53.6 Å². The van der Waals surface area contributed by atoms with Gasteiger partial charge in [-0.05, 0) is 43.5 Å². The van der Waals surface area contributed by atoms with E-state index in [0.717, 1.165) is 18.4 Å². The van der Waals surface area contributed by atoms with E-state index < -0.39 is 0 Å². The number of nitrogens with two attached hydrogens (primary N) is 1. The summed E-state index contributed by atoms with van der Waals surface area (Å²) in [6.45, 7) is 3.11. The van der Waals surface area contributed by atoms with Crippen LogP contribution < -0.4 is 11.1 Å². The highest BCUT2D eigenvalue weighted by atomic mass is 19.1. The SMILES string of the molecule is Cc1ccc(Nc2cnccc2C(=O)N2CCC(N)CC2)c(F)c1. The van der Waals surface area contributed by atoms with Crippen molar-refractivity contribution in [1.82, 2.24) is 9.88 Å². The molecule has 0 spiro atoms. The molecule has 1 aliphatic heterocycles. The monoisotopic (exact) mass is 328 g/mol. The van der Waals surface area contributed by atoms with Gasteiger partial charge in [0.2, 0.25) is 0 Å². The van der Waals surface area contributed by atoms with Crippen LogP contribution in [0.4, 0.5) is 15.8 Å². The first-order valence-corrected chi connectivity index (χ1v) is 8.06. The van der Waals surface area contributed by atoms with E-state index in [1.807, 2.05) is 13.0 Å². The fraction of sp³-hybridized carbons (Fsp3) is 0.333. The van der Waals surface area contributed by atoms with Crippen molar-refractivity contribution in [2.24, 2.45) is 5.73 Å².